The first-order chi connectivity index (χ1) is 18.3. The number of pyridine rings is 1. The van der Waals surface area contributed by atoms with Gasteiger partial charge in [0.05, 0.1) is 21.4 Å². The molecule has 0 bridgehead atoms. The van der Waals surface area contributed by atoms with E-state index in [0.29, 0.717) is 28.4 Å². The lowest BCUT2D eigenvalue weighted by Gasteiger charge is -2.16. The summed E-state index contributed by atoms with van der Waals surface area (Å²) in [6.45, 7) is 3.88. The summed E-state index contributed by atoms with van der Waals surface area (Å²) in [5.41, 5.74) is 3.59. The van der Waals surface area contributed by atoms with E-state index in [4.69, 9.17) is 0 Å². The highest BCUT2D eigenvalue weighted by Crippen LogP contribution is 2.30. The van der Waals surface area contributed by atoms with E-state index in [9.17, 15) is 18.5 Å². The second kappa shape index (κ2) is 11.9. The first kappa shape index (κ1) is 26.8. The third-order valence-electron chi connectivity index (χ3n) is 5.47. The molecular formula is C27H24N6O3S2. The van der Waals surface area contributed by atoms with Crippen LogP contribution in [0.5, 0.6) is 0 Å². The molecule has 0 saturated heterocycles. The summed E-state index contributed by atoms with van der Waals surface area (Å²) in [6, 6.07) is 20.9. The van der Waals surface area contributed by atoms with Gasteiger partial charge in [0.15, 0.2) is 0 Å². The Kier molecular flexibility index (Phi) is 8.35. The quantitative estimate of drug-likeness (QED) is 0.280. The Labute approximate surface area is 225 Å². The minimum atomic E-state index is -3.89. The molecule has 0 spiro atoms. The molecule has 1 atom stereocenters. The lowest BCUT2D eigenvalue weighted by Crippen LogP contribution is -2.25. The highest BCUT2D eigenvalue weighted by Gasteiger charge is 2.22. The Morgan fingerprint density at radius 2 is 1.71 bits per heavy atom. The highest BCUT2D eigenvalue weighted by atomic mass is 32.2. The number of thioether (sulfide) groups is 1. The highest BCUT2D eigenvalue weighted by molar-refractivity contribution is 8.00. The zero-order chi connectivity index (χ0) is 27.1. The number of sulfonamides is 1. The summed E-state index contributed by atoms with van der Waals surface area (Å²) >= 11 is 1.22. The zero-order valence-electron chi connectivity index (χ0n) is 20.6. The zero-order valence-corrected chi connectivity index (χ0v) is 22.3. The van der Waals surface area contributed by atoms with Crippen LogP contribution in [0.3, 0.4) is 0 Å². The van der Waals surface area contributed by atoms with Gasteiger partial charge in [-0.1, -0.05) is 48.5 Å². The second-order valence-electron chi connectivity index (χ2n) is 8.23. The van der Waals surface area contributed by atoms with E-state index in [-0.39, 0.29) is 16.8 Å². The van der Waals surface area contributed by atoms with Gasteiger partial charge in [0, 0.05) is 23.6 Å². The van der Waals surface area contributed by atoms with Gasteiger partial charge < -0.3 is 5.32 Å². The molecule has 2 aromatic heterocycles. The van der Waals surface area contributed by atoms with Crippen LogP contribution >= 0.6 is 11.8 Å². The number of amides is 1. The van der Waals surface area contributed by atoms with Crippen LogP contribution in [0.2, 0.25) is 0 Å². The number of aromatic nitrogens is 3. The van der Waals surface area contributed by atoms with E-state index in [1.807, 2.05) is 38.1 Å². The molecule has 11 heteroatoms. The van der Waals surface area contributed by atoms with E-state index >= 15 is 0 Å². The van der Waals surface area contributed by atoms with Crippen LogP contribution in [0, 0.1) is 18.3 Å². The number of hydrogen-bond acceptors (Lipinski definition) is 8. The Morgan fingerprint density at radius 3 is 2.34 bits per heavy atom. The number of benzene rings is 2. The number of nitrogens with one attached hydrogen (secondary N) is 2. The molecule has 0 aliphatic rings. The molecule has 2 aromatic carbocycles. The molecule has 0 radical (unpaired) electrons. The molecule has 2 heterocycles. The molecule has 0 aliphatic heterocycles. The fourth-order valence-corrected chi connectivity index (χ4v) is 5.38. The van der Waals surface area contributed by atoms with E-state index in [1.165, 1.54) is 48.4 Å². The number of carbonyl (C=O) groups is 1. The van der Waals surface area contributed by atoms with Crippen LogP contribution in [0.4, 0.5) is 11.6 Å². The van der Waals surface area contributed by atoms with Crippen molar-refractivity contribution in [2.24, 2.45) is 0 Å². The number of carbonyl (C=O) groups excluding carboxylic acids is 1. The van der Waals surface area contributed by atoms with Gasteiger partial charge in [-0.3, -0.25) is 4.79 Å². The topological polar surface area (TPSA) is 138 Å². The van der Waals surface area contributed by atoms with Gasteiger partial charge in [0.1, 0.15) is 11.1 Å². The predicted octanol–water partition coefficient (Wildman–Crippen LogP) is 5.03. The average Bonchev–Trinajstić information content (AvgIpc) is 2.92. The third kappa shape index (κ3) is 6.53. The van der Waals surface area contributed by atoms with E-state index in [0.717, 1.165) is 11.1 Å². The average molecular weight is 545 g/mol. The molecule has 1 unspecified atom stereocenters. The van der Waals surface area contributed by atoms with Crippen molar-refractivity contribution < 1.29 is 13.2 Å². The largest absolute Gasteiger partial charge is 0.325 e. The summed E-state index contributed by atoms with van der Waals surface area (Å²) in [5, 5.41) is 12.4. The van der Waals surface area contributed by atoms with Crippen LogP contribution in [-0.4, -0.2) is 34.5 Å². The van der Waals surface area contributed by atoms with E-state index in [2.05, 4.69) is 31.1 Å². The van der Waals surface area contributed by atoms with Gasteiger partial charge >= 0.3 is 0 Å². The third-order valence-corrected chi connectivity index (χ3v) is 8.18. The standard InChI is InChI=1S/C27H24N6O3S2/c1-3-24(37-26-20(17-28)9-14-23(32-26)19-7-5-18(2)6-8-19)25(34)31-21-10-12-22(13-11-21)38(35,36)33-27-29-15-4-16-30-27/h4-16,24H,3H2,1-2H3,(H,31,34)(H,29,30,33). The van der Waals surface area contributed by atoms with E-state index < -0.39 is 15.3 Å². The lowest BCUT2D eigenvalue weighted by atomic mass is 10.1. The molecule has 192 valence electrons. The molecule has 38 heavy (non-hydrogen) atoms. The lowest BCUT2D eigenvalue weighted by molar-refractivity contribution is -0.115. The number of hydrogen-bond donors (Lipinski definition) is 2. The molecule has 1 amide bonds. The van der Waals surface area contributed by atoms with Crippen LogP contribution < -0.4 is 10.0 Å². The van der Waals surface area contributed by atoms with Gasteiger partial charge in [-0.25, -0.2) is 28.1 Å². The molecule has 0 aliphatic carbocycles. The molecular weight excluding hydrogens is 520 g/mol. The van der Waals surface area contributed by atoms with Crippen molar-refractivity contribution in [3.05, 3.63) is 90.3 Å². The Balaban J connectivity index is 1.47. The minimum absolute atomic E-state index is 0.000140. The molecule has 2 N–H and O–H groups in total. The summed E-state index contributed by atoms with van der Waals surface area (Å²) in [5.74, 6) is -0.320. The van der Waals surface area contributed by atoms with Crippen molar-refractivity contribution in [1.82, 2.24) is 15.0 Å². The number of rotatable bonds is 9. The van der Waals surface area contributed by atoms with Crippen LogP contribution in [0.25, 0.3) is 11.3 Å². The first-order valence-corrected chi connectivity index (χ1v) is 14.0. The SMILES string of the molecule is CCC(Sc1nc(-c2ccc(C)cc2)ccc1C#N)C(=O)Nc1ccc(S(=O)(=O)Nc2ncccn2)cc1. The smallest absolute Gasteiger partial charge is 0.264 e. The van der Waals surface area contributed by atoms with Crippen molar-refractivity contribution in [3.8, 4) is 17.3 Å². The summed E-state index contributed by atoms with van der Waals surface area (Å²) in [7, 11) is -3.89. The fourth-order valence-electron chi connectivity index (χ4n) is 3.43. The summed E-state index contributed by atoms with van der Waals surface area (Å²) in [6.07, 6.45) is 3.35. The van der Waals surface area contributed by atoms with Crippen LogP contribution in [-0.2, 0) is 14.8 Å². The van der Waals surface area contributed by atoms with Gasteiger partial charge in [0.25, 0.3) is 10.0 Å². The molecule has 0 fully saturated rings. The van der Waals surface area contributed by atoms with Gasteiger partial charge in [0.2, 0.25) is 11.9 Å². The van der Waals surface area contributed by atoms with Crippen molar-refractivity contribution in [2.75, 3.05) is 10.0 Å². The Bertz CT molecular complexity index is 1570. The molecule has 9 nitrogen and oxygen atoms in total. The Morgan fingerprint density at radius 1 is 1.03 bits per heavy atom. The minimum Gasteiger partial charge on any atom is -0.325 e. The maximum Gasteiger partial charge on any atom is 0.264 e. The van der Waals surface area contributed by atoms with Gasteiger partial charge in [-0.05, 0) is 55.8 Å². The number of aryl methyl sites for hydroxylation is 1. The molecule has 4 aromatic rings. The molecule has 4 rings (SSSR count). The molecule has 0 saturated carbocycles. The maximum atomic E-state index is 13.1. The second-order valence-corrected chi connectivity index (χ2v) is 11.1. The summed E-state index contributed by atoms with van der Waals surface area (Å²) in [4.78, 5) is 25.5. The number of anilines is 2. The van der Waals surface area contributed by atoms with Crippen molar-refractivity contribution in [1.29, 1.82) is 5.26 Å². The Hall–Kier alpha value is -4.27. The fraction of sp³-hybridized carbons (Fsp3) is 0.148. The van der Waals surface area contributed by atoms with Crippen molar-refractivity contribution in [2.45, 2.75) is 35.4 Å². The first-order valence-electron chi connectivity index (χ1n) is 11.6. The maximum absolute atomic E-state index is 13.1. The van der Waals surface area contributed by atoms with Crippen molar-refractivity contribution >= 4 is 39.3 Å². The normalized spacial score (nSPS) is 11.8. The van der Waals surface area contributed by atoms with E-state index in [1.54, 1.807) is 18.2 Å². The van der Waals surface area contributed by atoms with Crippen molar-refractivity contribution in [3.63, 3.8) is 0 Å². The van der Waals surface area contributed by atoms with Crippen LogP contribution in [0.1, 0.15) is 24.5 Å². The summed E-state index contributed by atoms with van der Waals surface area (Å²) < 4.78 is 27.5. The number of nitrogens with zero attached hydrogens (tertiary/aromatic N) is 4. The predicted molar refractivity (Wildman–Crippen MR) is 147 cm³/mol. The van der Waals surface area contributed by atoms with Crippen LogP contribution in [0.15, 0.2) is 89.0 Å². The van der Waals surface area contributed by atoms with Gasteiger partial charge in [-0.15, -0.1) is 0 Å². The monoisotopic (exact) mass is 544 g/mol. The number of nitriles is 1. The van der Waals surface area contributed by atoms with Gasteiger partial charge in [-0.2, -0.15) is 5.26 Å².